The summed E-state index contributed by atoms with van der Waals surface area (Å²) in [6.45, 7) is 0.571. The van der Waals surface area contributed by atoms with Crippen LogP contribution in [0.15, 0.2) is 48.5 Å². The second-order valence-corrected chi connectivity index (χ2v) is 5.14. The predicted octanol–water partition coefficient (Wildman–Crippen LogP) is 3.64. The third kappa shape index (κ3) is 5.83. The Balaban J connectivity index is 1.62. The number of benzene rings is 2. The van der Waals surface area contributed by atoms with E-state index in [1.165, 1.54) is 0 Å². The summed E-state index contributed by atoms with van der Waals surface area (Å²) in [5.41, 5.74) is 2.14. The molecule has 0 saturated carbocycles. The molecule has 2 rings (SSSR count). The molecule has 0 saturated heterocycles. The van der Waals surface area contributed by atoms with Gasteiger partial charge in [-0.25, -0.2) is 4.79 Å². The van der Waals surface area contributed by atoms with E-state index in [0.29, 0.717) is 12.8 Å². The van der Waals surface area contributed by atoms with Crippen molar-refractivity contribution in [2.24, 2.45) is 0 Å². The van der Waals surface area contributed by atoms with E-state index in [-0.39, 0.29) is 13.2 Å². The molecule has 0 aliphatic carbocycles. The van der Waals surface area contributed by atoms with Crippen LogP contribution >= 0.6 is 0 Å². The summed E-state index contributed by atoms with van der Waals surface area (Å²) in [7, 11) is 3.25. The van der Waals surface area contributed by atoms with E-state index in [1.54, 1.807) is 14.2 Å². The van der Waals surface area contributed by atoms with E-state index in [2.05, 4.69) is 0 Å². The zero-order valence-corrected chi connectivity index (χ0v) is 14.0. The molecule has 0 aliphatic rings. The van der Waals surface area contributed by atoms with E-state index >= 15 is 0 Å². The lowest BCUT2D eigenvalue weighted by Crippen LogP contribution is -2.11. The van der Waals surface area contributed by atoms with Gasteiger partial charge in [0.15, 0.2) is 0 Å². The third-order valence-corrected chi connectivity index (χ3v) is 3.54. The van der Waals surface area contributed by atoms with Crippen LogP contribution in [-0.4, -0.2) is 33.6 Å². The van der Waals surface area contributed by atoms with Gasteiger partial charge in [-0.15, -0.1) is 0 Å². The Labute approximate surface area is 142 Å². The van der Waals surface area contributed by atoms with Crippen molar-refractivity contribution < 1.29 is 23.7 Å². The van der Waals surface area contributed by atoms with Crippen molar-refractivity contribution in [3.63, 3.8) is 0 Å². The van der Waals surface area contributed by atoms with Gasteiger partial charge in [0.05, 0.1) is 27.4 Å². The Kier molecular flexibility index (Phi) is 6.95. The average molecular weight is 330 g/mol. The van der Waals surface area contributed by atoms with Crippen molar-refractivity contribution in [3.05, 3.63) is 59.7 Å². The predicted molar refractivity (Wildman–Crippen MR) is 90.7 cm³/mol. The number of methoxy groups -OCH3 is 2. The van der Waals surface area contributed by atoms with E-state index in [1.807, 2.05) is 48.5 Å². The van der Waals surface area contributed by atoms with E-state index < -0.39 is 6.16 Å². The van der Waals surface area contributed by atoms with Crippen molar-refractivity contribution in [2.45, 2.75) is 12.8 Å². The number of carbonyl (C=O) groups excluding carboxylic acids is 1. The molecule has 0 aromatic heterocycles. The van der Waals surface area contributed by atoms with Gasteiger partial charge < -0.3 is 18.9 Å². The van der Waals surface area contributed by atoms with Gasteiger partial charge in [0.2, 0.25) is 0 Å². The van der Waals surface area contributed by atoms with Gasteiger partial charge in [-0.05, 0) is 35.4 Å². The number of hydrogen-bond donors (Lipinski definition) is 0. The Morgan fingerprint density at radius 2 is 1.08 bits per heavy atom. The molecule has 0 fully saturated rings. The second kappa shape index (κ2) is 9.45. The van der Waals surface area contributed by atoms with Crippen molar-refractivity contribution in [3.8, 4) is 11.5 Å². The lowest BCUT2D eigenvalue weighted by atomic mass is 10.1. The maximum atomic E-state index is 11.5. The van der Waals surface area contributed by atoms with E-state index in [4.69, 9.17) is 18.9 Å². The molecule has 0 spiro atoms. The molecule has 0 unspecified atom stereocenters. The van der Waals surface area contributed by atoms with Gasteiger partial charge in [-0.3, -0.25) is 0 Å². The first kappa shape index (κ1) is 17.7. The van der Waals surface area contributed by atoms with E-state index in [0.717, 1.165) is 22.6 Å². The molecule has 24 heavy (non-hydrogen) atoms. The molecule has 2 aromatic carbocycles. The Hall–Kier alpha value is -2.69. The largest absolute Gasteiger partial charge is 0.508 e. The quantitative estimate of drug-likeness (QED) is 0.692. The fraction of sp³-hybridized carbons (Fsp3) is 0.316. The molecule has 128 valence electrons. The summed E-state index contributed by atoms with van der Waals surface area (Å²) >= 11 is 0. The SMILES string of the molecule is COc1ccc(CCOC(=O)OCCc2ccc(OC)cc2)cc1. The first-order valence-corrected chi connectivity index (χ1v) is 7.76. The Bertz CT molecular complexity index is 564. The first-order valence-electron chi connectivity index (χ1n) is 7.76. The molecule has 5 nitrogen and oxygen atoms in total. The molecular weight excluding hydrogens is 308 g/mol. The minimum absolute atomic E-state index is 0.285. The maximum Gasteiger partial charge on any atom is 0.508 e. The van der Waals surface area contributed by atoms with E-state index in [9.17, 15) is 4.79 Å². The van der Waals surface area contributed by atoms with Crippen LogP contribution in [-0.2, 0) is 22.3 Å². The van der Waals surface area contributed by atoms with Gasteiger partial charge >= 0.3 is 6.16 Å². The Morgan fingerprint density at radius 1 is 0.708 bits per heavy atom. The number of hydrogen-bond acceptors (Lipinski definition) is 5. The molecule has 0 radical (unpaired) electrons. The van der Waals surface area contributed by atoms with Crippen LogP contribution < -0.4 is 9.47 Å². The smallest absolute Gasteiger partial charge is 0.497 e. The van der Waals surface area contributed by atoms with Gasteiger partial charge in [-0.2, -0.15) is 0 Å². The lowest BCUT2D eigenvalue weighted by Gasteiger charge is -2.07. The maximum absolute atomic E-state index is 11.5. The first-order chi connectivity index (χ1) is 11.7. The van der Waals surface area contributed by atoms with Crippen LogP contribution in [0.1, 0.15) is 11.1 Å². The van der Waals surface area contributed by atoms with Crippen LogP contribution in [0, 0.1) is 0 Å². The van der Waals surface area contributed by atoms with Gasteiger partial charge in [0.1, 0.15) is 11.5 Å². The standard InChI is InChI=1S/C19H22O5/c1-21-17-7-3-15(4-8-17)11-13-23-19(20)24-14-12-16-5-9-18(22-2)10-6-16/h3-10H,11-14H2,1-2H3. The molecule has 2 aromatic rings. The molecule has 0 aliphatic heterocycles. The third-order valence-electron chi connectivity index (χ3n) is 3.54. The highest BCUT2D eigenvalue weighted by Crippen LogP contribution is 2.12. The summed E-state index contributed by atoms with van der Waals surface area (Å²) in [5, 5.41) is 0. The highest BCUT2D eigenvalue weighted by molar-refractivity contribution is 5.59. The molecular formula is C19H22O5. The molecule has 0 bridgehead atoms. The molecule has 5 heteroatoms. The molecule has 0 N–H and O–H groups in total. The van der Waals surface area contributed by atoms with Crippen LogP contribution in [0.5, 0.6) is 11.5 Å². The zero-order chi connectivity index (χ0) is 17.2. The fourth-order valence-corrected chi connectivity index (χ4v) is 2.13. The highest BCUT2D eigenvalue weighted by atomic mass is 16.7. The zero-order valence-electron chi connectivity index (χ0n) is 14.0. The van der Waals surface area contributed by atoms with Crippen LogP contribution in [0.2, 0.25) is 0 Å². The summed E-state index contributed by atoms with van der Waals surface area (Å²) in [5.74, 6) is 1.61. The van der Waals surface area contributed by atoms with Crippen molar-refractivity contribution >= 4 is 6.16 Å². The van der Waals surface area contributed by atoms with Crippen LogP contribution in [0.3, 0.4) is 0 Å². The second-order valence-electron chi connectivity index (χ2n) is 5.14. The van der Waals surface area contributed by atoms with Crippen LogP contribution in [0.25, 0.3) is 0 Å². The fourth-order valence-electron chi connectivity index (χ4n) is 2.13. The van der Waals surface area contributed by atoms with Gasteiger partial charge in [0, 0.05) is 12.8 Å². The Morgan fingerprint density at radius 3 is 1.42 bits per heavy atom. The average Bonchev–Trinajstić information content (AvgIpc) is 2.63. The normalized spacial score (nSPS) is 10.1. The lowest BCUT2D eigenvalue weighted by molar-refractivity contribution is 0.0569. The monoisotopic (exact) mass is 330 g/mol. The minimum Gasteiger partial charge on any atom is -0.497 e. The molecule has 0 atom stereocenters. The number of carbonyl (C=O) groups is 1. The topological polar surface area (TPSA) is 54.0 Å². The van der Waals surface area contributed by atoms with Crippen LogP contribution in [0.4, 0.5) is 4.79 Å². The molecule has 0 amide bonds. The van der Waals surface area contributed by atoms with Gasteiger partial charge in [0.25, 0.3) is 0 Å². The minimum atomic E-state index is -0.642. The summed E-state index contributed by atoms with van der Waals surface area (Å²) in [6.07, 6.45) is 0.631. The van der Waals surface area contributed by atoms with Crippen molar-refractivity contribution in [1.29, 1.82) is 0 Å². The summed E-state index contributed by atoms with van der Waals surface area (Å²) in [6, 6.07) is 15.3. The highest BCUT2D eigenvalue weighted by Gasteiger charge is 2.04. The van der Waals surface area contributed by atoms with Crippen molar-refractivity contribution in [1.82, 2.24) is 0 Å². The van der Waals surface area contributed by atoms with Gasteiger partial charge in [-0.1, -0.05) is 24.3 Å². The number of rotatable bonds is 8. The van der Waals surface area contributed by atoms with Crippen molar-refractivity contribution in [2.75, 3.05) is 27.4 Å². The summed E-state index contributed by atoms with van der Waals surface area (Å²) < 4.78 is 20.3. The summed E-state index contributed by atoms with van der Waals surface area (Å²) in [4.78, 5) is 11.5. The number of ether oxygens (including phenoxy) is 4. The molecule has 0 heterocycles.